The highest BCUT2D eigenvalue weighted by Gasteiger charge is 2.18. The number of morpholine rings is 1. The maximum absolute atomic E-state index is 6.43. The number of hydrogen-bond acceptors (Lipinski definition) is 3. The van der Waals surface area contributed by atoms with Crippen LogP contribution >= 0.6 is 0 Å². The number of nitrogens with two attached hydrogens (primary N) is 1. The standard InChI is InChI=1S/C21H28N2O/c22-20(17-23-13-15-24-16-14-23)11-12-21(18-7-3-1-4-8-18)19-9-5-2-6-10-19/h1-10,20-21H,11-17,22H2. The van der Waals surface area contributed by atoms with E-state index in [1.165, 1.54) is 11.1 Å². The van der Waals surface area contributed by atoms with Crippen molar-refractivity contribution >= 4 is 0 Å². The second-order valence-corrected chi connectivity index (χ2v) is 6.62. The molecule has 128 valence electrons. The predicted molar refractivity (Wildman–Crippen MR) is 99.2 cm³/mol. The number of hydrogen-bond donors (Lipinski definition) is 1. The molecule has 24 heavy (non-hydrogen) atoms. The van der Waals surface area contributed by atoms with Crippen LogP contribution in [0.1, 0.15) is 29.9 Å². The molecule has 0 aromatic heterocycles. The average Bonchev–Trinajstić information content (AvgIpc) is 2.64. The van der Waals surface area contributed by atoms with Gasteiger partial charge in [-0.3, -0.25) is 4.90 Å². The Hall–Kier alpha value is -1.68. The van der Waals surface area contributed by atoms with Crippen molar-refractivity contribution in [1.29, 1.82) is 0 Å². The molecule has 1 unspecified atom stereocenters. The predicted octanol–water partition coefficient (Wildman–Crippen LogP) is 3.26. The first-order chi connectivity index (χ1) is 11.8. The first-order valence-electron chi connectivity index (χ1n) is 8.98. The van der Waals surface area contributed by atoms with Gasteiger partial charge in [-0.05, 0) is 24.0 Å². The number of benzene rings is 2. The topological polar surface area (TPSA) is 38.5 Å². The zero-order valence-electron chi connectivity index (χ0n) is 14.3. The fourth-order valence-corrected chi connectivity index (χ4v) is 3.48. The van der Waals surface area contributed by atoms with Gasteiger partial charge in [0.15, 0.2) is 0 Å². The van der Waals surface area contributed by atoms with Gasteiger partial charge in [-0.2, -0.15) is 0 Å². The van der Waals surface area contributed by atoms with Crippen LogP contribution in [0.25, 0.3) is 0 Å². The summed E-state index contributed by atoms with van der Waals surface area (Å²) < 4.78 is 5.41. The van der Waals surface area contributed by atoms with E-state index in [-0.39, 0.29) is 6.04 Å². The van der Waals surface area contributed by atoms with Crippen LogP contribution in [0.4, 0.5) is 0 Å². The molecule has 0 spiro atoms. The second kappa shape index (κ2) is 8.97. The van der Waals surface area contributed by atoms with E-state index in [4.69, 9.17) is 10.5 Å². The van der Waals surface area contributed by atoms with Gasteiger partial charge in [0.1, 0.15) is 0 Å². The minimum atomic E-state index is 0.220. The molecule has 1 saturated heterocycles. The summed E-state index contributed by atoms with van der Waals surface area (Å²) >= 11 is 0. The molecule has 0 saturated carbocycles. The zero-order chi connectivity index (χ0) is 16.6. The lowest BCUT2D eigenvalue weighted by molar-refractivity contribution is 0.0348. The lowest BCUT2D eigenvalue weighted by Gasteiger charge is -2.29. The largest absolute Gasteiger partial charge is 0.379 e. The molecule has 0 radical (unpaired) electrons. The van der Waals surface area contributed by atoms with Gasteiger partial charge in [-0.1, -0.05) is 60.7 Å². The Bertz CT molecular complexity index is 542. The molecule has 0 amide bonds. The minimum absolute atomic E-state index is 0.220. The molecule has 2 aromatic carbocycles. The smallest absolute Gasteiger partial charge is 0.0594 e. The van der Waals surface area contributed by atoms with Crippen LogP contribution in [0.3, 0.4) is 0 Å². The van der Waals surface area contributed by atoms with E-state index in [0.29, 0.717) is 5.92 Å². The lowest BCUT2D eigenvalue weighted by Crippen LogP contribution is -2.43. The first-order valence-corrected chi connectivity index (χ1v) is 8.98. The Balaban J connectivity index is 1.62. The normalized spacial score (nSPS) is 17.1. The molecule has 1 atom stereocenters. The van der Waals surface area contributed by atoms with Crippen LogP contribution in [-0.4, -0.2) is 43.8 Å². The van der Waals surface area contributed by atoms with Crippen molar-refractivity contribution in [1.82, 2.24) is 4.90 Å². The van der Waals surface area contributed by atoms with Crippen LogP contribution in [0.2, 0.25) is 0 Å². The Morgan fingerprint density at radius 2 is 1.38 bits per heavy atom. The van der Waals surface area contributed by atoms with Gasteiger partial charge < -0.3 is 10.5 Å². The highest BCUT2D eigenvalue weighted by atomic mass is 16.5. The van der Waals surface area contributed by atoms with Crippen molar-refractivity contribution < 1.29 is 4.74 Å². The monoisotopic (exact) mass is 324 g/mol. The zero-order valence-corrected chi connectivity index (χ0v) is 14.3. The van der Waals surface area contributed by atoms with Gasteiger partial charge in [0, 0.05) is 31.6 Å². The third-order valence-electron chi connectivity index (χ3n) is 4.83. The van der Waals surface area contributed by atoms with Gasteiger partial charge in [0.05, 0.1) is 13.2 Å². The van der Waals surface area contributed by atoms with Gasteiger partial charge in [-0.15, -0.1) is 0 Å². The Kier molecular flexibility index (Phi) is 6.41. The lowest BCUT2D eigenvalue weighted by atomic mass is 9.86. The van der Waals surface area contributed by atoms with Gasteiger partial charge in [0.25, 0.3) is 0 Å². The number of ether oxygens (including phenoxy) is 1. The molecule has 2 N–H and O–H groups in total. The summed E-state index contributed by atoms with van der Waals surface area (Å²) in [6.45, 7) is 4.66. The van der Waals surface area contributed by atoms with Gasteiger partial charge >= 0.3 is 0 Å². The summed E-state index contributed by atoms with van der Waals surface area (Å²) in [6.07, 6.45) is 2.12. The number of rotatable bonds is 7. The molecular weight excluding hydrogens is 296 g/mol. The van der Waals surface area contributed by atoms with Crippen molar-refractivity contribution in [2.45, 2.75) is 24.8 Å². The molecule has 3 heteroatoms. The molecule has 2 aromatic rings. The summed E-state index contributed by atoms with van der Waals surface area (Å²) in [5.41, 5.74) is 9.18. The quantitative estimate of drug-likeness (QED) is 0.849. The fourth-order valence-electron chi connectivity index (χ4n) is 3.48. The van der Waals surface area contributed by atoms with Crippen LogP contribution in [0.15, 0.2) is 60.7 Å². The van der Waals surface area contributed by atoms with E-state index in [9.17, 15) is 0 Å². The molecular formula is C21H28N2O. The Labute approximate surface area is 145 Å². The van der Waals surface area contributed by atoms with Crippen molar-refractivity contribution in [3.05, 3.63) is 71.8 Å². The summed E-state index contributed by atoms with van der Waals surface area (Å²) in [7, 11) is 0. The molecule has 1 aliphatic rings. The Morgan fingerprint density at radius 3 is 1.92 bits per heavy atom. The summed E-state index contributed by atoms with van der Waals surface area (Å²) in [4.78, 5) is 2.42. The van der Waals surface area contributed by atoms with Crippen LogP contribution in [0.5, 0.6) is 0 Å². The van der Waals surface area contributed by atoms with Crippen molar-refractivity contribution in [3.8, 4) is 0 Å². The van der Waals surface area contributed by atoms with E-state index >= 15 is 0 Å². The highest BCUT2D eigenvalue weighted by molar-refractivity contribution is 5.32. The summed E-state index contributed by atoms with van der Waals surface area (Å²) in [5.74, 6) is 0.420. The van der Waals surface area contributed by atoms with E-state index in [0.717, 1.165) is 45.7 Å². The maximum atomic E-state index is 6.43. The third-order valence-corrected chi connectivity index (χ3v) is 4.83. The number of nitrogens with zero attached hydrogens (tertiary/aromatic N) is 1. The van der Waals surface area contributed by atoms with Crippen LogP contribution < -0.4 is 5.73 Å². The van der Waals surface area contributed by atoms with E-state index < -0.39 is 0 Å². The molecule has 0 aliphatic carbocycles. The minimum Gasteiger partial charge on any atom is -0.379 e. The molecule has 0 bridgehead atoms. The SMILES string of the molecule is NC(CCC(c1ccccc1)c1ccccc1)CN1CCOCC1. The van der Waals surface area contributed by atoms with Crippen molar-refractivity contribution in [2.24, 2.45) is 5.73 Å². The van der Waals surface area contributed by atoms with Crippen molar-refractivity contribution in [3.63, 3.8) is 0 Å². The molecule has 1 aliphatic heterocycles. The summed E-state index contributed by atoms with van der Waals surface area (Å²) in [5, 5.41) is 0. The molecule has 3 rings (SSSR count). The first kappa shape index (κ1) is 17.2. The fraction of sp³-hybridized carbons (Fsp3) is 0.429. The van der Waals surface area contributed by atoms with Gasteiger partial charge in [-0.25, -0.2) is 0 Å². The average molecular weight is 324 g/mol. The van der Waals surface area contributed by atoms with Gasteiger partial charge in [0.2, 0.25) is 0 Å². The van der Waals surface area contributed by atoms with E-state index in [1.807, 2.05) is 0 Å². The summed E-state index contributed by atoms with van der Waals surface area (Å²) in [6, 6.07) is 21.8. The van der Waals surface area contributed by atoms with E-state index in [1.54, 1.807) is 0 Å². The van der Waals surface area contributed by atoms with E-state index in [2.05, 4.69) is 65.6 Å². The van der Waals surface area contributed by atoms with Crippen LogP contribution in [0, 0.1) is 0 Å². The Morgan fingerprint density at radius 1 is 0.833 bits per heavy atom. The third kappa shape index (κ3) is 4.91. The molecule has 3 nitrogen and oxygen atoms in total. The van der Waals surface area contributed by atoms with Crippen molar-refractivity contribution in [2.75, 3.05) is 32.8 Å². The maximum Gasteiger partial charge on any atom is 0.0594 e. The molecule has 1 fully saturated rings. The highest BCUT2D eigenvalue weighted by Crippen LogP contribution is 2.29. The molecule has 1 heterocycles. The second-order valence-electron chi connectivity index (χ2n) is 6.62. The van der Waals surface area contributed by atoms with Crippen LogP contribution in [-0.2, 0) is 4.74 Å².